The molecule has 1 N–H and O–H groups in total. The Morgan fingerprint density at radius 2 is 1.86 bits per heavy atom. The third-order valence-electron chi connectivity index (χ3n) is 9.21. The molecule has 0 amide bonds. The number of likely N-dealkylation sites (N-methyl/N-ethyl adjacent to an activating group) is 1. The van der Waals surface area contributed by atoms with Gasteiger partial charge in [-0.1, -0.05) is 12.1 Å². The minimum Gasteiger partial charge on any atom is -0.508 e. The summed E-state index contributed by atoms with van der Waals surface area (Å²) in [4.78, 5) is 20.0. The molecule has 0 bridgehead atoms. The van der Waals surface area contributed by atoms with Gasteiger partial charge in [0.25, 0.3) is 0 Å². The van der Waals surface area contributed by atoms with E-state index in [1.807, 2.05) is 0 Å². The molecule has 3 fully saturated rings. The Morgan fingerprint density at radius 1 is 1.00 bits per heavy atom. The fourth-order valence-corrected chi connectivity index (χ4v) is 6.99. The Bertz CT molecular complexity index is 1710. The highest BCUT2D eigenvalue weighted by molar-refractivity contribution is 6.02. The first-order valence-corrected chi connectivity index (χ1v) is 15.1. The maximum absolute atomic E-state index is 16.2. The van der Waals surface area contributed by atoms with Gasteiger partial charge in [0.15, 0.2) is 5.82 Å². The fourth-order valence-electron chi connectivity index (χ4n) is 6.99. The number of methoxy groups -OCH3 is 1. The lowest BCUT2D eigenvalue weighted by molar-refractivity contribution is 0.270. The van der Waals surface area contributed by atoms with Crippen molar-refractivity contribution in [3.05, 3.63) is 42.0 Å². The van der Waals surface area contributed by atoms with Crippen LogP contribution in [0.5, 0.6) is 17.6 Å². The molecule has 0 saturated carbocycles. The second-order valence-electron chi connectivity index (χ2n) is 12.0. The number of pyridine rings is 1. The molecule has 4 aliphatic heterocycles. The second-order valence-corrected chi connectivity index (χ2v) is 12.0. The smallest absolute Gasteiger partial charge is 0.318 e. The molecule has 0 spiro atoms. The third kappa shape index (κ3) is 5.13. The maximum Gasteiger partial charge on any atom is 0.318 e. The predicted octanol–water partition coefficient (Wildman–Crippen LogP) is 4.93. The minimum absolute atomic E-state index is 0.00233. The van der Waals surface area contributed by atoms with Gasteiger partial charge in [0.1, 0.15) is 46.8 Å². The molecule has 8 rings (SSSR count). The van der Waals surface area contributed by atoms with E-state index in [0.29, 0.717) is 42.3 Å². The number of halogens is 3. The molecule has 9 nitrogen and oxygen atoms in total. The summed E-state index contributed by atoms with van der Waals surface area (Å²) >= 11 is 0. The van der Waals surface area contributed by atoms with Crippen molar-refractivity contribution in [3.63, 3.8) is 0 Å². The largest absolute Gasteiger partial charge is 0.508 e. The zero-order chi connectivity index (χ0) is 30.5. The molecule has 0 radical (unpaired) electrons. The molecule has 3 saturated heterocycles. The lowest BCUT2D eigenvalue weighted by atomic mass is 9.99. The SMILES string of the molecule is COc1nc2c3c(nc(-c4cc(O)cc5cccc(F)c45)c(F)c3n1)OCC1CCN(C)CCN21.FC1CC2CCCN2C1. The Morgan fingerprint density at radius 3 is 2.68 bits per heavy atom. The van der Waals surface area contributed by atoms with E-state index in [-0.39, 0.29) is 45.8 Å². The molecule has 2 aromatic carbocycles. The molecule has 232 valence electrons. The molecule has 12 heteroatoms. The normalized spacial score (nSPS) is 23.4. The number of fused-ring (bicyclic) bond motifs is 4. The highest BCUT2D eigenvalue weighted by Crippen LogP contribution is 2.43. The quantitative estimate of drug-likeness (QED) is 0.340. The highest BCUT2D eigenvalue weighted by Gasteiger charge is 2.35. The van der Waals surface area contributed by atoms with Crippen molar-refractivity contribution in [2.45, 2.75) is 43.9 Å². The Balaban J connectivity index is 0.000000296. The third-order valence-corrected chi connectivity index (χ3v) is 9.21. The predicted molar refractivity (Wildman–Crippen MR) is 161 cm³/mol. The van der Waals surface area contributed by atoms with Crippen molar-refractivity contribution in [1.82, 2.24) is 24.8 Å². The van der Waals surface area contributed by atoms with E-state index in [2.05, 4.69) is 36.7 Å². The average Bonchev–Trinajstić information content (AvgIpc) is 3.48. The molecular weight excluding hydrogens is 573 g/mol. The van der Waals surface area contributed by atoms with E-state index in [9.17, 15) is 13.9 Å². The molecule has 3 unspecified atom stereocenters. The van der Waals surface area contributed by atoms with Gasteiger partial charge in [0, 0.05) is 36.6 Å². The number of anilines is 1. The summed E-state index contributed by atoms with van der Waals surface area (Å²) in [5.41, 5.74) is -0.0863. The van der Waals surface area contributed by atoms with Crippen LogP contribution in [-0.2, 0) is 0 Å². The first kappa shape index (κ1) is 28.8. The van der Waals surface area contributed by atoms with E-state index in [4.69, 9.17) is 9.47 Å². The number of nitrogens with zero attached hydrogens (tertiary/aromatic N) is 6. The van der Waals surface area contributed by atoms with Gasteiger partial charge in [-0.25, -0.2) is 18.2 Å². The summed E-state index contributed by atoms with van der Waals surface area (Å²) in [5.74, 6) is -0.781. The zero-order valence-electron chi connectivity index (χ0n) is 24.8. The van der Waals surface area contributed by atoms with Gasteiger partial charge in [-0.15, -0.1) is 0 Å². The van der Waals surface area contributed by atoms with Crippen LogP contribution in [0, 0.1) is 11.6 Å². The monoisotopic (exact) mass is 608 g/mol. The number of alkyl halides is 1. The molecule has 44 heavy (non-hydrogen) atoms. The number of hydrogen-bond acceptors (Lipinski definition) is 9. The van der Waals surface area contributed by atoms with Crippen molar-refractivity contribution in [2.24, 2.45) is 0 Å². The van der Waals surface area contributed by atoms with Crippen LogP contribution in [-0.4, -0.2) is 102 Å². The summed E-state index contributed by atoms with van der Waals surface area (Å²) < 4.78 is 55.1. The number of aromatic nitrogens is 3. The van der Waals surface area contributed by atoms with Gasteiger partial charge in [0.2, 0.25) is 5.88 Å². The van der Waals surface area contributed by atoms with Gasteiger partial charge >= 0.3 is 6.01 Å². The Hall–Kier alpha value is -3.90. The molecule has 3 atom stereocenters. The maximum atomic E-state index is 16.2. The molecule has 6 heterocycles. The van der Waals surface area contributed by atoms with Crippen molar-refractivity contribution in [2.75, 3.05) is 58.4 Å². The Kier molecular flexibility index (Phi) is 7.57. The van der Waals surface area contributed by atoms with Crippen molar-refractivity contribution in [3.8, 4) is 28.9 Å². The van der Waals surface area contributed by atoms with Crippen LogP contribution >= 0.6 is 0 Å². The number of aromatic hydroxyl groups is 1. The molecular formula is C32H35F3N6O3. The first-order chi connectivity index (χ1) is 21.3. The fraction of sp³-hybridized carbons (Fsp3) is 0.469. The number of hydrogen-bond donors (Lipinski definition) is 1. The number of phenolic OH excluding ortho intramolecular Hbond substituents is 1. The van der Waals surface area contributed by atoms with Crippen molar-refractivity contribution >= 4 is 27.5 Å². The van der Waals surface area contributed by atoms with E-state index < -0.39 is 17.8 Å². The second kappa shape index (κ2) is 11.6. The lowest BCUT2D eigenvalue weighted by Crippen LogP contribution is -2.40. The Labute approximate surface area is 253 Å². The number of benzene rings is 2. The summed E-state index contributed by atoms with van der Waals surface area (Å²) in [6.45, 7) is 4.55. The van der Waals surface area contributed by atoms with Gasteiger partial charge < -0.3 is 24.4 Å². The van der Waals surface area contributed by atoms with E-state index in [1.165, 1.54) is 44.2 Å². The van der Waals surface area contributed by atoms with E-state index in [0.717, 1.165) is 32.5 Å². The molecule has 4 aliphatic rings. The van der Waals surface area contributed by atoms with Crippen LogP contribution in [0.15, 0.2) is 30.3 Å². The highest BCUT2D eigenvalue weighted by atomic mass is 19.1. The number of phenols is 1. The van der Waals surface area contributed by atoms with E-state index in [1.54, 1.807) is 6.07 Å². The summed E-state index contributed by atoms with van der Waals surface area (Å²) in [6.07, 6.45) is 3.64. The van der Waals surface area contributed by atoms with Gasteiger partial charge in [-0.3, -0.25) is 4.90 Å². The molecule has 4 aromatic rings. The summed E-state index contributed by atoms with van der Waals surface area (Å²) in [7, 11) is 3.48. The van der Waals surface area contributed by atoms with Crippen LogP contribution in [0.4, 0.5) is 19.0 Å². The van der Waals surface area contributed by atoms with Crippen molar-refractivity contribution < 1.29 is 27.8 Å². The number of ether oxygens (including phenoxy) is 2. The zero-order valence-corrected chi connectivity index (χ0v) is 24.8. The van der Waals surface area contributed by atoms with Crippen LogP contribution in [0.1, 0.15) is 25.7 Å². The van der Waals surface area contributed by atoms with E-state index >= 15 is 4.39 Å². The molecule has 0 aliphatic carbocycles. The summed E-state index contributed by atoms with van der Waals surface area (Å²) in [5, 5.41) is 11.2. The van der Waals surface area contributed by atoms with Gasteiger partial charge in [0.05, 0.1) is 13.2 Å². The van der Waals surface area contributed by atoms with Gasteiger partial charge in [-0.05, 0) is 69.4 Å². The molecule has 2 aromatic heterocycles. The van der Waals surface area contributed by atoms with Crippen LogP contribution in [0.2, 0.25) is 0 Å². The minimum atomic E-state index is -0.769. The first-order valence-electron chi connectivity index (χ1n) is 15.1. The topological polar surface area (TPSA) is 87.1 Å². The van der Waals surface area contributed by atoms with Crippen molar-refractivity contribution in [1.29, 1.82) is 0 Å². The van der Waals surface area contributed by atoms with Crippen LogP contribution < -0.4 is 14.4 Å². The average molecular weight is 609 g/mol. The van der Waals surface area contributed by atoms with Crippen LogP contribution in [0.3, 0.4) is 0 Å². The number of rotatable bonds is 2. The standard InChI is InChI=1S/C25H23F2N5O3.C7H12FN/c1-31-7-6-14-12-35-24-19-22(29-25(34-2)30-23(19)32(14)9-8-31)20(27)21(28-24)16-11-15(33)10-13-4-3-5-17(26)18(13)16;8-6-4-7-2-1-3-9(7)5-6/h3-5,10-11,14,33H,6-9,12H2,1-2H3;6-7H,1-5H2. The van der Waals surface area contributed by atoms with Crippen LogP contribution in [0.25, 0.3) is 32.9 Å². The lowest BCUT2D eigenvalue weighted by Gasteiger charge is -2.28. The van der Waals surface area contributed by atoms with Gasteiger partial charge in [-0.2, -0.15) is 9.97 Å². The summed E-state index contributed by atoms with van der Waals surface area (Å²) in [6, 6.07) is 7.81.